The molecule has 0 aromatic rings. The first-order valence-corrected chi connectivity index (χ1v) is 3.09. The molecule has 0 bridgehead atoms. The minimum atomic E-state index is -6.96. The molecule has 15 heavy (non-hydrogen) atoms. The normalized spacial score (nSPS) is 15.6. The second-order valence-electron chi connectivity index (χ2n) is 2.50. The second kappa shape index (κ2) is 3.42. The Morgan fingerprint density at radius 3 is 1.20 bits per heavy atom. The Bertz CT molecular complexity index is 229. The van der Waals surface area contributed by atoms with Crippen molar-refractivity contribution in [3.63, 3.8) is 0 Å². The smallest absolute Gasteiger partial charge is 0.230 e. The van der Waals surface area contributed by atoms with Gasteiger partial charge in [0.25, 0.3) is 0 Å². The summed E-state index contributed by atoms with van der Waals surface area (Å²) in [5.41, 5.74) is 0. The summed E-state index contributed by atoms with van der Waals surface area (Å²) >= 11 is 0. The molecule has 0 rings (SSSR count). The third-order valence-corrected chi connectivity index (χ3v) is 1.39. The lowest BCUT2D eigenvalue weighted by Gasteiger charge is -2.32. The van der Waals surface area contributed by atoms with E-state index < -0.39 is 30.6 Å². The van der Waals surface area contributed by atoms with Gasteiger partial charge in [0, 0.05) is 0 Å². The zero-order chi connectivity index (χ0) is 12.7. The maximum atomic E-state index is 12.1. The molecule has 0 saturated carbocycles. The van der Waals surface area contributed by atoms with E-state index in [0.29, 0.717) is 0 Å². The zero-order valence-corrected chi connectivity index (χ0v) is 6.52. The summed E-state index contributed by atoms with van der Waals surface area (Å²) in [7, 11) is 0. The molecule has 0 aliphatic heterocycles. The summed E-state index contributed by atoms with van der Waals surface area (Å²) in [6.45, 7) is -3.08. The molecule has 1 radical (unpaired) electrons. The van der Waals surface area contributed by atoms with Crippen molar-refractivity contribution >= 4 is 0 Å². The van der Waals surface area contributed by atoms with Gasteiger partial charge in [0.2, 0.25) is 0 Å². The van der Waals surface area contributed by atoms with Gasteiger partial charge >= 0.3 is 23.9 Å². The molecule has 0 aromatic carbocycles. The average Bonchev–Trinajstić information content (AvgIpc) is 2.01. The van der Waals surface area contributed by atoms with Crippen LogP contribution in [0.2, 0.25) is 0 Å². The highest BCUT2D eigenvalue weighted by atomic mass is 19.4. The fourth-order valence-electron chi connectivity index (χ4n) is 0.498. The van der Waals surface area contributed by atoms with Crippen molar-refractivity contribution in [3.05, 3.63) is 0 Å². The third-order valence-electron chi connectivity index (χ3n) is 1.39. The first kappa shape index (κ1) is 14.3. The van der Waals surface area contributed by atoms with E-state index in [1.54, 1.807) is 0 Å². The largest absolute Gasteiger partial charge is 0.460 e. The average molecular weight is 249 g/mol. The van der Waals surface area contributed by atoms with Crippen LogP contribution in [0, 0.1) is 0 Å². The van der Waals surface area contributed by atoms with E-state index in [9.17, 15) is 44.6 Å². The van der Waals surface area contributed by atoms with Gasteiger partial charge in [-0.25, -0.2) is 5.11 Å². The SMILES string of the molecule is [O]CC(F)(F)C(F)(F)C(F)(F)C(F)(F)F. The number of alkyl halides is 9. The summed E-state index contributed by atoms with van der Waals surface area (Å²) in [5, 5.41) is 9.44. The quantitative estimate of drug-likeness (QED) is 0.685. The number of halogens is 9. The molecular formula is C5H2F9O. The molecule has 91 valence electrons. The summed E-state index contributed by atoms with van der Waals surface area (Å²) in [6.07, 6.45) is -6.87. The summed E-state index contributed by atoms with van der Waals surface area (Å²) < 4.78 is 106. The molecule has 10 heteroatoms. The monoisotopic (exact) mass is 249 g/mol. The van der Waals surface area contributed by atoms with E-state index in [1.165, 1.54) is 0 Å². The van der Waals surface area contributed by atoms with E-state index in [-0.39, 0.29) is 0 Å². The molecule has 0 N–H and O–H groups in total. The van der Waals surface area contributed by atoms with Crippen LogP contribution in [0.4, 0.5) is 39.5 Å². The summed E-state index contributed by atoms with van der Waals surface area (Å²) in [4.78, 5) is 0. The lowest BCUT2D eigenvalue weighted by Crippen LogP contribution is -2.61. The van der Waals surface area contributed by atoms with Crippen molar-refractivity contribution < 1.29 is 44.6 Å². The van der Waals surface area contributed by atoms with Crippen molar-refractivity contribution in [2.24, 2.45) is 0 Å². The van der Waals surface area contributed by atoms with Crippen molar-refractivity contribution in [2.75, 3.05) is 6.61 Å². The molecule has 0 atom stereocenters. The zero-order valence-electron chi connectivity index (χ0n) is 6.52. The molecule has 0 aliphatic rings. The second-order valence-corrected chi connectivity index (χ2v) is 2.50. The Morgan fingerprint density at radius 2 is 1.00 bits per heavy atom. The van der Waals surface area contributed by atoms with E-state index in [0.717, 1.165) is 0 Å². The van der Waals surface area contributed by atoms with Crippen LogP contribution in [0.15, 0.2) is 0 Å². The van der Waals surface area contributed by atoms with E-state index in [2.05, 4.69) is 0 Å². The summed E-state index contributed by atoms with van der Waals surface area (Å²) in [5.74, 6) is -19.7. The lowest BCUT2D eigenvalue weighted by atomic mass is 10.1. The maximum Gasteiger partial charge on any atom is 0.460 e. The van der Waals surface area contributed by atoms with Crippen LogP contribution in [0.25, 0.3) is 0 Å². The van der Waals surface area contributed by atoms with Crippen LogP contribution in [0.1, 0.15) is 0 Å². The highest BCUT2D eigenvalue weighted by molar-refractivity contribution is 4.99. The van der Waals surface area contributed by atoms with Crippen LogP contribution in [-0.4, -0.2) is 30.6 Å². The maximum absolute atomic E-state index is 12.1. The Labute approximate surface area is 76.5 Å². The van der Waals surface area contributed by atoms with Gasteiger partial charge in [-0.15, -0.1) is 0 Å². The van der Waals surface area contributed by atoms with E-state index in [1.807, 2.05) is 0 Å². The Balaban J connectivity index is 5.38. The van der Waals surface area contributed by atoms with E-state index in [4.69, 9.17) is 0 Å². The lowest BCUT2D eigenvalue weighted by molar-refractivity contribution is -0.400. The van der Waals surface area contributed by atoms with Crippen LogP contribution in [0.5, 0.6) is 0 Å². The van der Waals surface area contributed by atoms with Gasteiger partial charge in [0.15, 0.2) is 6.61 Å². The molecule has 0 aromatic heterocycles. The van der Waals surface area contributed by atoms with Gasteiger partial charge in [-0.1, -0.05) is 0 Å². The standard InChI is InChI=1S/C5H2F9O/c6-2(7,1-15)3(8,9)4(10,11)5(12,13)14/h1H2. The Morgan fingerprint density at radius 1 is 0.667 bits per heavy atom. The fraction of sp³-hybridized carbons (Fsp3) is 1.00. The molecule has 0 unspecified atom stereocenters. The topological polar surface area (TPSA) is 19.9 Å². The van der Waals surface area contributed by atoms with Crippen molar-refractivity contribution in [1.29, 1.82) is 0 Å². The van der Waals surface area contributed by atoms with Crippen molar-refractivity contribution in [2.45, 2.75) is 23.9 Å². The van der Waals surface area contributed by atoms with Gasteiger partial charge in [-0.3, -0.25) is 0 Å². The highest BCUT2D eigenvalue weighted by Crippen LogP contribution is 2.52. The highest BCUT2D eigenvalue weighted by Gasteiger charge is 2.81. The van der Waals surface area contributed by atoms with Crippen LogP contribution in [0.3, 0.4) is 0 Å². The molecule has 0 amide bonds. The minimum absolute atomic E-state index is 3.08. The first-order valence-electron chi connectivity index (χ1n) is 3.09. The molecule has 0 saturated heterocycles. The van der Waals surface area contributed by atoms with Gasteiger partial charge in [0.05, 0.1) is 0 Å². The van der Waals surface area contributed by atoms with Gasteiger partial charge in [-0.05, 0) is 0 Å². The molecule has 0 fully saturated rings. The third kappa shape index (κ3) is 1.99. The number of hydrogen-bond donors (Lipinski definition) is 0. The summed E-state index contributed by atoms with van der Waals surface area (Å²) in [6, 6.07) is 0. The molecule has 0 spiro atoms. The predicted molar refractivity (Wildman–Crippen MR) is 26.4 cm³/mol. The van der Waals surface area contributed by atoms with Crippen molar-refractivity contribution in [1.82, 2.24) is 0 Å². The number of rotatable bonds is 3. The van der Waals surface area contributed by atoms with Gasteiger partial charge < -0.3 is 0 Å². The fourth-order valence-corrected chi connectivity index (χ4v) is 0.498. The first-order chi connectivity index (χ1) is 6.31. The van der Waals surface area contributed by atoms with Crippen LogP contribution >= 0.6 is 0 Å². The number of hydrogen-bond acceptors (Lipinski definition) is 0. The molecule has 0 aliphatic carbocycles. The Hall–Kier alpha value is -0.670. The molecule has 0 heterocycles. The molecular weight excluding hydrogens is 247 g/mol. The van der Waals surface area contributed by atoms with E-state index >= 15 is 0 Å². The van der Waals surface area contributed by atoms with Gasteiger partial charge in [-0.2, -0.15) is 39.5 Å². The Kier molecular flexibility index (Phi) is 3.27. The van der Waals surface area contributed by atoms with Crippen molar-refractivity contribution in [3.8, 4) is 0 Å². The van der Waals surface area contributed by atoms with Gasteiger partial charge in [0.1, 0.15) is 0 Å². The van der Waals surface area contributed by atoms with Crippen LogP contribution < -0.4 is 0 Å². The minimum Gasteiger partial charge on any atom is -0.230 e. The van der Waals surface area contributed by atoms with Crippen LogP contribution in [-0.2, 0) is 5.11 Å². The predicted octanol–water partition coefficient (Wildman–Crippen LogP) is 2.89. The molecule has 1 nitrogen and oxygen atoms in total.